The molecule has 132 valence electrons. The zero-order valence-electron chi connectivity index (χ0n) is 14.0. The normalized spacial score (nSPS) is 11.5. The van der Waals surface area contributed by atoms with Crippen LogP contribution in [0, 0.1) is 0 Å². The minimum atomic E-state index is -0.522. The first kappa shape index (κ1) is 17.7. The number of aromatic nitrogens is 2. The van der Waals surface area contributed by atoms with Crippen molar-refractivity contribution in [3.05, 3.63) is 83.4 Å². The van der Waals surface area contributed by atoms with Crippen molar-refractivity contribution in [1.82, 2.24) is 15.3 Å². The summed E-state index contributed by atoms with van der Waals surface area (Å²) in [7, 11) is 1.60. The van der Waals surface area contributed by atoms with Crippen molar-refractivity contribution >= 4 is 23.3 Å². The number of halogens is 1. The Morgan fingerprint density at radius 3 is 2.54 bits per heavy atom. The number of carbonyl (C=O) groups is 1. The fourth-order valence-corrected chi connectivity index (χ4v) is 2.68. The molecule has 2 N–H and O–H groups in total. The summed E-state index contributed by atoms with van der Waals surface area (Å²) in [4.78, 5) is 20.8. The maximum Gasteiger partial charge on any atom is 0.320 e. The number of ether oxygens (including phenoxy) is 1. The van der Waals surface area contributed by atoms with Crippen LogP contribution in [0.1, 0.15) is 17.3 Å². The van der Waals surface area contributed by atoms with Crippen LogP contribution >= 0.6 is 11.6 Å². The third-order valence-corrected chi connectivity index (χ3v) is 4.02. The van der Waals surface area contributed by atoms with Crippen LogP contribution in [0.25, 0.3) is 0 Å². The molecule has 2 aromatic heterocycles. The van der Waals surface area contributed by atoms with Crippen LogP contribution in [-0.4, -0.2) is 23.1 Å². The maximum absolute atomic E-state index is 12.5. The van der Waals surface area contributed by atoms with E-state index >= 15 is 0 Å². The number of nitrogens with zero attached hydrogens (tertiary/aromatic N) is 2. The molecule has 26 heavy (non-hydrogen) atoms. The molecule has 0 aliphatic rings. The van der Waals surface area contributed by atoms with Gasteiger partial charge in [-0.1, -0.05) is 23.7 Å². The molecule has 2 amide bonds. The largest absolute Gasteiger partial charge is 0.497 e. The molecule has 0 aliphatic carbocycles. The van der Waals surface area contributed by atoms with Crippen LogP contribution in [0.2, 0.25) is 5.02 Å². The molecule has 3 aromatic rings. The van der Waals surface area contributed by atoms with Crippen LogP contribution in [0.4, 0.5) is 10.5 Å². The molecule has 0 unspecified atom stereocenters. The lowest BCUT2D eigenvalue weighted by Gasteiger charge is -2.20. The Labute approximate surface area is 156 Å². The number of hydrogen-bond donors (Lipinski definition) is 2. The number of hydrogen-bond acceptors (Lipinski definition) is 4. The van der Waals surface area contributed by atoms with E-state index in [1.165, 1.54) is 0 Å². The summed E-state index contributed by atoms with van der Waals surface area (Å²) < 4.78 is 5.19. The minimum Gasteiger partial charge on any atom is -0.497 e. The van der Waals surface area contributed by atoms with Crippen molar-refractivity contribution in [1.29, 1.82) is 0 Å². The molecule has 0 saturated carbocycles. The van der Waals surface area contributed by atoms with Crippen LogP contribution in [0.3, 0.4) is 0 Å². The fraction of sp³-hybridized carbons (Fsp3) is 0.105. The lowest BCUT2D eigenvalue weighted by atomic mass is 10.0. The van der Waals surface area contributed by atoms with E-state index in [-0.39, 0.29) is 6.03 Å². The first-order valence-corrected chi connectivity index (χ1v) is 8.27. The molecule has 0 saturated heterocycles. The van der Waals surface area contributed by atoms with Gasteiger partial charge in [-0.2, -0.15) is 0 Å². The fourth-order valence-electron chi connectivity index (χ4n) is 2.45. The van der Waals surface area contributed by atoms with Crippen LogP contribution in [0.5, 0.6) is 5.75 Å². The molecule has 7 heteroatoms. The molecule has 0 fully saturated rings. The van der Waals surface area contributed by atoms with Crippen LogP contribution in [0.15, 0.2) is 67.1 Å². The summed E-state index contributed by atoms with van der Waals surface area (Å²) in [6.45, 7) is 0. The van der Waals surface area contributed by atoms with Crippen molar-refractivity contribution in [2.24, 2.45) is 0 Å². The Balaban J connectivity index is 1.87. The second-order valence-corrected chi connectivity index (χ2v) is 5.82. The number of benzene rings is 1. The molecule has 0 spiro atoms. The average molecular weight is 369 g/mol. The molecule has 0 radical (unpaired) electrons. The van der Waals surface area contributed by atoms with E-state index in [1.54, 1.807) is 50.0 Å². The van der Waals surface area contributed by atoms with E-state index in [4.69, 9.17) is 16.3 Å². The summed E-state index contributed by atoms with van der Waals surface area (Å²) in [5.41, 5.74) is 1.97. The van der Waals surface area contributed by atoms with Crippen molar-refractivity contribution in [3.63, 3.8) is 0 Å². The second kappa shape index (κ2) is 8.31. The molecule has 1 aromatic carbocycles. The number of rotatable bonds is 5. The van der Waals surface area contributed by atoms with Gasteiger partial charge in [-0.15, -0.1) is 0 Å². The van der Waals surface area contributed by atoms with Gasteiger partial charge in [-0.25, -0.2) is 4.79 Å². The highest BCUT2D eigenvalue weighted by Crippen LogP contribution is 2.27. The van der Waals surface area contributed by atoms with Crippen LogP contribution in [-0.2, 0) is 0 Å². The van der Waals surface area contributed by atoms with Gasteiger partial charge in [0.15, 0.2) is 0 Å². The molecule has 3 rings (SSSR count). The lowest BCUT2D eigenvalue weighted by Crippen LogP contribution is -2.33. The van der Waals surface area contributed by atoms with Gasteiger partial charge in [0.25, 0.3) is 0 Å². The molecule has 6 nitrogen and oxygen atoms in total. The average Bonchev–Trinajstić information content (AvgIpc) is 2.68. The van der Waals surface area contributed by atoms with E-state index in [0.717, 1.165) is 11.3 Å². The number of pyridine rings is 2. The van der Waals surface area contributed by atoms with Gasteiger partial charge in [-0.05, 0) is 42.0 Å². The van der Waals surface area contributed by atoms with E-state index in [0.29, 0.717) is 16.4 Å². The minimum absolute atomic E-state index is 0.388. The van der Waals surface area contributed by atoms with Crippen molar-refractivity contribution in [2.45, 2.75) is 6.04 Å². The standard InChI is InChI=1S/C19H17ClN4O2/c1-26-15-8-6-13(7-9-15)17(18-16(20)5-3-11-22-18)24-19(25)23-14-4-2-10-21-12-14/h2-12,17H,1H3,(H2,23,24,25)/t17-/m0/s1. The highest BCUT2D eigenvalue weighted by Gasteiger charge is 2.21. The highest BCUT2D eigenvalue weighted by atomic mass is 35.5. The first-order chi connectivity index (χ1) is 12.7. The maximum atomic E-state index is 12.5. The predicted molar refractivity (Wildman–Crippen MR) is 100 cm³/mol. The van der Waals surface area contributed by atoms with E-state index in [9.17, 15) is 4.79 Å². The summed E-state index contributed by atoms with van der Waals surface area (Å²) in [6.07, 6.45) is 4.84. The molecule has 0 bridgehead atoms. The summed E-state index contributed by atoms with van der Waals surface area (Å²) in [6, 6.07) is 13.4. The zero-order chi connectivity index (χ0) is 18.4. The molecule has 1 atom stereocenters. The monoisotopic (exact) mass is 368 g/mol. The third kappa shape index (κ3) is 4.29. The zero-order valence-corrected chi connectivity index (χ0v) is 14.8. The van der Waals surface area contributed by atoms with Gasteiger partial charge in [0.1, 0.15) is 5.75 Å². The molecule has 2 heterocycles. The van der Waals surface area contributed by atoms with Gasteiger partial charge >= 0.3 is 6.03 Å². The summed E-state index contributed by atoms with van der Waals surface area (Å²) >= 11 is 6.30. The second-order valence-electron chi connectivity index (χ2n) is 5.42. The molecular formula is C19H17ClN4O2. The number of carbonyl (C=O) groups excluding carboxylic acids is 1. The van der Waals surface area contributed by atoms with Gasteiger partial charge in [0, 0.05) is 12.4 Å². The Kier molecular flexibility index (Phi) is 5.66. The van der Waals surface area contributed by atoms with Gasteiger partial charge in [0.2, 0.25) is 0 Å². The van der Waals surface area contributed by atoms with E-state index in [2.05, 4.69) is 20.6 Å². The van der Waals surface area contributed by atoms with Gasteiger partial charge < -0.3 is 15.4 Å². The first-order valence-electron chi connectivity index (χ1n) is 7.89. The van der Waals surface area contributed by atoms with Gasteiger partial charge in [-0.3, -0.25) is 9.97 Å². The highest BCUT2D eigenvalue weighted by molar-refractivity contribution is 6.31. The Bertz CT molecular complexity index is 872. The van der Waals surface area contributed by atoms with E-state index in [1.807, 2.05) is 24.3 Å². The van der Waals surface area contributed by atoms with E-state index < -0.39 is 6.04 Å². The quantitative estimate of drug-likeness (QED) is 0.712. The van der Waals surface area contributed by atoms with Crippen molar-refractivity contribution < 1.29 is 9.53 Å². The SMILES string of the molecule is COc1ccc([C@H](NC(=O)Nc2cccnc2)c2ncccc2Cl)cc1. The number of methoxy groups -OCH3 is 1. The van der Waals surface area contributed by atoms with Crippen LogP contribution < -0.4 is 15.4 Å². The van der Waals surface area contributed by atoms with Crippen molar-refractivity contribution in [3.8, 4) is 5.75 Å². The predicted octanol–water partition coefficient (Wildman–Crippen LogP) is 4.05. The summed E-state index contributed by atoms with van der Waals surface area (Å²) in [5.74, 6) is 0.722. The smallest absolute Gasteiger partial charge is 0.320 e. The number of nitrogens with one attached hydrogen (secondary N) is 2. The van der Waals surface area contributed by atoms with Crippen molar-refractivity contribution in [2.75, 3.05) is 12.4 Å². The topological polar surface area (TPSA) is 76.1 Å². The number of amides is 2. The Morgan fingerprint density at radius 1 is 1.12 bits per heavy atom. The number of anilines is 1. The van der Waals surface area contributed by atoms with Gasteiger partial charge in [0.05, 0.1) is 35.8 Å². The Hall–Kier alpha value is -3.12. The number of urea groups is 1. The Morgan fingerprint density at radius 2 is 1.88 bits per heavy atom. The molecule has 0 aliphatic heterocycles. The third-order valence-electron chi connectivity index (χ3n) is 3.70. The summed E-state index contributed by atoms with van der Waals surface area (Å²) in [5, 5.41) is 6.12. The lowest BCUT2D eigenvalue weighted by molar-refractivity contribution is 0.250. The molecular weight excluding hydrogens is 352 g/mol.